The Kier molecular flexibility index (Phi) is 4.72. The standard InChI is InChI=1S/C19H23N3O2S/c1-22(17-8-14-5-6-15(9-17)21-14)19(23)13-3-2-4-18(7-13)24-10-16-11-25-12-20-16/h2-4,7,11-12,14-15,17,21H,5-6,8-10H2,1H3. The lowest BCUT2D eigenvalue weighted by Gasteiger charge is -2.35. The van der Waals surface area contributed by atoms with Gasteiger partial charge in [0.25, 0.3) is 5.91 Å². The predicted octanol–water partition coefficient (Wildman–Crippen LogP) is 3.08. The first-order valence-corrected chi connectivity index (χ1v) is 9.76. The molecule has 2 aromatic rings. The molecule has 1 N–H and O–H groups in total. The van der Waals surface area contributed by atoms with Crippen molar-refractivity contribution in [2.24, 2.45) is 0 Å². The molecule has 6 heteroatoms. The number of ether oxygens (including phenoxy) is 1. The Balaban J connectivity index is 1.41. The molecule has 0 aliphatic carbocycles. The normalized spacial score (nSPS) is 24.9. The van der Waals surface area contributed by atoms with Crippen molar-refractivity contribution in [3.8, 4) is 5.75 Å². The minimum Gasteiger partial charge on any atom is -0.487 e. The van der Waals surface area contributed by atoms with Gasteiger partial charge in [-0.25, -0.2) is 4.98 Å². The largest absolute Gasteiger partial charge is 0.487 e. The van der Waals surface area contributed by atoms with Gasteiger partial charge in [0.2, 0.25) is 0 Å². The van der Waals surface area contributed by atoms with Crippen LogP contribution in [-0.4, -0.2) is 41.0 Å². The lowest BCUT2D eigenvalue weighted by molar-refractivity contribution is 0.0681. The van der Waals surface area contributed by atoms with E-state index in [4.69, 9.17) is 4.74 Å². The van der Waals surface area contributed by atoms with Crippen LogP contribution in [0.25, 0.3) is 0 Å². The molecule has 1 aromatic heterocycles. The van der Waals surface area contributed by atoms with Gasteiger partial charge in [0.1, 0.15) is 12.4 Å². The van der Waals surface area contributed by atoms with Crippen LogP contribution in [0, 0.1) is 0 Å². The summed E-state index contributed by atoms with van der Waals surface area (Å²) in [6, 6.07) is 8.94. The number of thiazole rings is 1. The van der Waals surface area contributed by atoms with Crippen molar-refractivity contribution in [3.05, 3.63) is 46.4 Å². The van der Waals surface area contributed by atoms with Crippen LogP contribution in [0.5, 0.6) is 5.75 Å². The van der Waals surface area contributed by atoms with Crippen LogP contribution in [0.4, 0.5) is 0 Å². The first-order valence-electron chi connectivity index (χ1n) is 8.82. The van der Waals surface area contributed by atoms with Crippen molar-refractivity contribution >= 4 is 17.2 Å². The summed E-state index contributed by atoms with van der Waals surface area (Å²) in [6.07, 6.45) is 4.59. The maximum atomic E-state index is 12.9. The van der Waals surface area contributed by atoms with Gasteiger partial charge in [-0.05, 0) is 43.9 Å². The van der Waals surface area contributed by atoms with Gasteiger partial charge in [-0.15, -0.1) is 11.3 Å². The van der Waals surface area contributed by atoms with Crippen LogP contribution in [-0.2, 0) is 6.61 Å². The molecule has 2 unspecified atom stereocenters. The number of hydrogen-bond acceptors (Lipinski definition) is 5. The van der Waals surface area contributed by atoms with E-state index in [0.29, 0.717) is 36.0 Å². The summed E-state index contributed by atoms with van der Waals surface area (Å²) in [7, 11) is 1.93. The minimum atomic E-state index is 0.0745. The van der Waals surface area contributed by atoms with Crippen LogP contribution in [0.15, 0.2) is 35.2 Å². The SMILES string of the molecule is CN(C(=O)c1cccc(OCc2cscn2)c1)C1CC2CCC(C1)N2. The highest BCUT2D eigenvalue weighted by atomic mass is 32.1. The van der Waals surface area contributed by atoms with Crippen LogP contribution < -0.4 is 10.1 Å². The minimum absolute atomic E-state index is 0.0745. The van der Waals surface area contributed by atoms with E-state index in [2.05, 4.69) is 10.3 Å². The van der Waals surface area contributed by atoms with E-state index in [9.17, 15) is 4.79 Å². The molecule has 0 saturated carbocycles. The molecule has 5 nitrogen and oxygen atoms in total. The number of amides is 1. The Bertz CT molecular complexity index is 722. The van der Waals surface area contributed by atoms with Crippen molar-refractivity contribution in [1.82, 2.24) is 15.2 Å². The predicted molar refractivity (Wildman–Crippen MR) is 97.9 cm³/mol. The van der Waals surface area contributed by atoms with Crippen LogP contribution in [0.1, 0.15) is 41.7 Å². The van der Waals surface area contributed by atoms with Gasteiger partial charge in [0, 0.05) is 36.1 Å². The van der Waals surface area contributed by atoms with Crippen molar-refractivity contribution in [3.63, 3.8) is 0 Å². The van der Waals surface area contributed by atoms with Crippen molar-refractivity contribution < 1.29 is 9.53 Å². The molecule has 132 valence electrons. The first-order chi connectivity index (χ1) is 12.2. The number of carbonyl (C=O) groups excluding carboxylic acids is 1. The maximum absolute atomic E-state index is 12.9. The van der Waals surface area contributed by atoms with Gasteiger partial charge in [0.15, 0.2) is 0 Å². The van der Waals surface area contributed by atoms with Crippen molar-refractivity contribution in [1.29, 1.82) is 0 Å². The third kappa shape index (κ3) is 3.70. The maximum Gasteiger partial charge on any atom is 0.253 e. The van der Waals surface area contributed by atoms with E-state index in [0.717, 1.165) is 18.5 Å². The monoisotopic (exact) mass is 357 g/mol. The molecule has 2 saturated heterocycles. The highest BCUT2D eigenvalue weighted by Gasteiger charge is 2.36. The molecule has 2 atom stereocenters. The second-order valence-corrected chi connectivity index (χ2v) is 7.69. The number of piperidine rings is 1. The summed E-state index contributed by atoms with van der Waals surface area (Å²) in [6.45, 7) is 0.425. The number of carbonyl (C=O) groups is 1. The molecule has 1 amide bonds. The Morgan fingerprint density at radius 2 is 2.16 bits per heavy atom. The summed E-state index contributed by atoms with van der Waals surface area (Å²) in [4.78, 5) is 19.0. The number of hydrogen-bond donors (Lipinski definition) is 1. The Hall–Kier alpha value is -1.92. The molecule has 2 aliphatic heterocycles. The van der Waals surface area contributed by atoms with Gasteiger partial charge >= 0.3 is 0 Å². The highest BCUT2D eigenvalue weighted by Crippen LogP contribution is 2.30. The van der Waals surface area contributed by atoms with Crippen molar-refractivity contribution in [2.45, 2.75) is 50.4 Å². The zero-order valence-electron chi connectivity index (χ0n) is 14.4. The second kappa shape index (κ2) is 7.14. The molecule has 4 rings (SSSR count). The fourth-order valence-corrected chi connectivity index (χ4v) is 4.44. The Morgan fingerprint density at radius 1 is 1.36 bits per heavy atom. The number of benzene rings is 1. The molecule has 2 bridgehead atoms. The van der Waals surface area contributed by atoms with E-state index >= 15 is 0 Å². The van der Waals surface area contributed by atoms with E-state index < -0.39 is 0 Å². The molecule has 2 fully saturated rings. The molecular formula is C19H23N3O2S. The van der Waals surface area contributed by atoms with Gasteiger partial charge in [0.05, 0.1) is 11.2 Å². The van der Waals surface area contributed by atoms with E-state index in [1.165, 1.54) is 12.8 Å². The average molecular weight is 357 g/mol. The Labute approximate surface area is 152 Å². The van der Waals surface area contributed by atoms with Crippen molar-refractivity contribution in [2.75, 3.05) is 7.05 Å². The molecule has 0 radical (unpaired) electrons. The van der Waals surface area contributed by atoms with Crippen LogP contribution in [0.2, 0.25) is 0 Å². The summed E-state index contributed by atoms with van der Waals surface area (Å²) in [5.41, 5.74) is 3.38. The lowest BCUT2D eigenvalue weighted by Crippen LogP contribution is -2.48. The summed E-state index contributed by atoms with van der Waals surface area (Å²) < 4.78 is 5.77. The number of aromatic nitrogens is 1. The van der Waals surface area contributed by atoms with E-state index in [1.807, 2.05) is 41.6 Å². The summed E-state index contributed by atoms with van der Waals surface area (Å²) >= 11 is 1.55. The fourth-order valence-electron chi connectivity index (χ4n) is 3.90. The molecule has 1 aromatic carbocycles. The highest BCUT2D eigenvalue weighted by molar-refractivity contribution is 7.07. The number of nitrogens with one attached hydrogen (secondary N) is 1. The number of nitrogens with zero attached hydrogens (tertiary/aromatic N) is 2. The average Bonchev–Trinajstić information content (AvgIpc) is 3.28. The van der Waals surface area contributed by atoms with E-state index in [-0.39, 0.29) is 5.91 Å². The fraction of sp³-hybridized carbons (Fsp3) is 0.474. The smallest absolute Gasteiger partial charge is 0.253 e. The Morgan fingerprint density at radius 3 is 2.88 bits per heavy atom. The number of fused-ring (bicyclic) bond motifs is 2. The van der Waals surface area contributed by atoms with Gasteiger partial charge in [-0.1, -0.05) is 6.07 Å². The van der Waals surface area contributed by atoms with Crippen LogP contribution >= 0.6 is 11.3 Å². The van der Waals surface area contributed by atoms with Gasteiger partial charge in [-0.3, -0.25) is 4.79 Å². The summed E-state index contributed by atoms with van der Waals surface area (Å²) in [5, 5.41) is 5.60. The summed E-state index contributed by atoms with van der Waals surface area (Å²) in [5.74, 6) is 0.781. The van der Waals surface area contributed by atoms with Gasteiger partial charge < -0.3 is 15.0 Å². The van der Waals surface area contributed by atoms with Crippen LogP contribution in [0.3, 0.4) is 0 Å². The molecule has 2 aliphatic rings. The molecule has 0 spiro atoms. The quantitative estimate of drug-likeness (QED) is 0.893. The second-order valence-electron chi connectivity index (χ2n) is 6.98. The lowest BCUT2D eigenvalue weighted by atomic mass is 9.98. The number of rotatable bonds is 5. The first kappa shape index (κ1) is 16.5. The third-order valence-electron chi connectivity index (χ3n) is 5.27. The topological polar surface area (TPSA) is 54.5 Å². The van der Waals surface area contributed by atoms with Gasteiger partial charge in [-0.2, -0.15) is 0 Å². The zero-order chi connectivity index (χ0) is 17.2. The zero-order valence-corrected chi connectivity index (χ0v) is 15.2. The third-order valence-corrected chi connectivity index (χ3v) is 5.90. The molecular weight excluding hydrogens is 334 g/mol. The van der Waals surface area contributed by atoms with E-state index in [1.54, 1.807) is 16.8 Å². The molecule has 25 heavy (non-hydrogen) atoms. The molecule has 3 heterocycles.